The molecule has 2 heterocycles. The van der Waals surface area contributed by atoms with Crippen LogP contribution in [0.1, 0.15) is 11.7 Å². The molecular formula is C19H14F3N5O2. The van der Waals surface area contributed by atoms with E-state index in [9.17, 15) is 18.0 Å². The number of hydrogen-bond acceptors (Lipinski definition) is 5. The SMILES string of the molecule is Cc1nc(-c2ccccc2NC(=O)Cn2c(C(F)(F)F)nc3ccccc32)no1. The summed E-state index contributed by atoms with van der Waals surface area (Å²) in [6.07, 6.45) is -4.70. The summed E-state index contributed by atoms with van der Waals surface area (Å²) in [6, 6.07) is 12.8. The van der Waals surface area contributed by atoms with Gasteiger partial charge in [-0.05, 0) is 24.3 Å². The molecule has 148 valence electrons. The van der Waals surface area contributed by atoms with Gasteiger partial charge in [0, 0.05) is 12.5 Å². The summed E-state index contributed by atoms with van der Waals surface area (Å²) >= 11 is 0. The van der Waals surface area contributed by atoms with Crippen LogP contribution in [0.25, 0.3) is 22.4 Å². The van der Waals surface area contributed by atoms with Crippen LogP contribution in [-0.4, -0.2) is 25.6 Å². The van der Waals surface area contributed by atoms with Gasteiger partial charge in [-0.25, -0.2) is 4.98 Å². The number of nitrogens with zero attached hydrogens (tertiary/aromatic N) is 4. The number of alkyl halides is 3. The number of aromatic nitrogens is 4. The zero-order valence-corrected chi connectivity index (χ0v) is 15.1. The van der Waals surface area contributed by atoms with Crippen molar-refractivity contribution in [2.45, 2.75) is 19.6 Å². The number of carbonyl (C=O) groups excluding carboxylic acids is 1. The Bertz CT molecular complexity index is 1200. The molecule has 1 amide bonds. The van der Waals surface area contributed by atoms with Gasteiger partial charge in [-0.1, -0.05) is 29.4 Å². The first-order valence-corrected chi connectivity index (χ1v) is 8.55. The van der Waals surface area contributed by atoms with Crippen molar-refractivity contribution in [3.8, 4) is 11.4 Å². The van der Waals surface area contributed by atoms with Crippen molar-refractivity contribution in [2.75, 3.05) is 5.32 Å². The third-order valence-electron chi connectivity index (χ3n) is 4.18. The summed E-state index contributed by atoms with van der Waals surface area (Å²) in [6.45, 7) is 1.06. The average molecular weight is 401 g/mol. The Morgan fingerprint density at radius 1 is 1.10 bits per heavy atom. The van der Waals surface area contributed by atoms with Crippen molar-refractivity contribution in [3.05, 3.63) is 60.2 Å². The van der Waals surface area contributed by atoms with E-state index in [0.29, 0.717) is 17.1 Å². The molecule has 0 aliphatic rings. The molecule has 4 aromatic rings. The van der Waals surface area contributed by atoms with Gasteiger partial charge < -0.3 is 14.4 Å². The zero-order chi connectivity index (χ0) is 20.6. The molecule has 2 aromatic heterocycles. The van der Waals surface area contributed by atoms with E-state index >= 15 is 0 Å². The Morgan fingerprint density at radius 2 is 1.83 bits per heavy atom. The van der Waals surface area contributed by atoms with Crippen LogP contribution in [0.15, 0.2) is 53.1 Å². The minimum absolute atomic E-state index is 0.162. The van der Waals surface area contributed by atoms with Crippen LogP contribution in [0, 0.1) is 6.92 Å². The van der Waals surface area contributed by atoms with Crippen LogP contribution in [0.3, 0.4) is 0 Å². The second-order valence-corrected chi connectivity index (χ2v) is 6.24. The number of halogens is 3. The van der Waals surface area contributed by atoms with E-state index < -0.39 is 24.5 Å². The fourth-order valence-corrected chi connectivity index (χ4v) is 2.98. The van der Waals surface area contributed by atoms with E-state index in [1.54, 1.807) is 43.3 Å². The van der Waals surface area contributed by atoms with Crippen molar-refractivity contribution >= 4 is 22.6 Å². The number of imidazole rings is 1. The van der Waals surface area contributed by atoms with Crippen LogP contribution >= 0.6 is 0 Å². The lowest BCUT2D eigenvalue weighted by Crippen LogP contribution is -2.23. The second-order valence-electron chi connectivity index (χ2n) is 6.24. The maximum absolute atomic E-state index is 13.4. The Balaban J connectivity index is 1.66. The van der Waals surface area contributed by atoms with E-state index in [-0.39, 0.29) is 16.9 Å². The zero-order valence-electron chi connectivity index (χ0n) is 15.1. The molecule has 7 nitrogen and oxygen atoms in total. The lowest BCUT2D eigenvalue weighted by atomic mass is 10.1. The molecule has 0 saturated heterocycles. The van der Waals surface area contributed by atoms with Crippen LogP contribution < -0.4 is 5.32 Å². The molecule has 2 aromatic carbocycles. The lowest BCUT2D eigenvalue weighted by molar-refractivity contribution is -0.147. The Hall–Kier alpha value is -3.69. The highest BCUT2D eigenvalue weighted by molar-refractivity contribution is 5.95. The Morgan fingerprint density at radius 3 is 2.55 bits per heavy atom. The number of anilines is 1. The number of hydrogen-bond donors (Lipinski definition) is 1. The number of carbonyl (C=O) groups is 1. The molecule has 0 radical (unpaired) electrons. The summed E-state index contributed by atoms with van der Waals surface area (Å²) in [4.78, 5) is 20.4. The Labute approximate surface area is 162 Å². The largest absolute Gasteiger partial charge is 0.449 e. The highest BCUT2D eigenvalue weighted by Crippen LogP contribution is 2.32. The summed E-state index contributed by atoms with van der Waals surface area (Å²) in [5.74, 6) is -1.16. The molecule has 0 saturated carbocycles. The fourth-order valence-electron chi connectivity index (χ4n) is 2.98. The smallest absolute Gasteiger partial charge is 0.339 e. The number of rotatable bonds is 4. The van der Waals surface area contributed by atoms with Gasteiger partial charge >= 0.3 is 6.18 Å². The van der Waals surface area contributed by atoms with E-state index in [0.717, 1.165) is 4.57 Å². The van der Waals surface area contributed by atoms with Crippen molar-refractivity contribution in [1.29, 1.82) is 0 Å². The number of nitrogens with one attached hydrogen (secondary N) is 1. The first-order chi connectivity index (χ1) is 13.8. The molecule has 0 bridgehead atoms. The van der Waals surface area contributed by atoms with Crippen molar-refractivity contribution in [3.63, 3.8) is 0 Å². The minimum Gasteiger partial charge on any atom is -0.339 e. The number of fused-ring (bicyclic) bond motifs is 1. The monoisotopic (exact) mass is 401 g/mol. The molecule has 10 heteroatoms. The highest BCUT2D eigenvalue weighted by Gasteiger charge is 2.38. The minimum atomic E-state index is -4.70. The number of benzene rings is 2. The molecule has 1 N–H and O–H groups in total. The molecule has 0 aliphatic heterocycles. The number of aryl methyl sites for hydroxylation is 1. The third kappa shape index (κ3) is 3.68. The van der Waals surface area contributed by atoms with E-state index in [1.165, 1.54) is 12.1 Å². The average Bonchev–Trinajstić information content (AvgIpc) is 3.26. The van der Waals surface area contributed by atoms with Gasteiger partial charge in [-0.15, -0.1) is 0 Å². The van der Waals surface area contributed by atoms with Crippen molar-refractivity contribution in [1.82, 2.24) is 19.7 Å². The van der Waals surface area contributed by atoms with E-state index in [4.69, 9.17) is 4.52 Å². The van der Waals surface area contributed by atoms with Gasteiger partial charge in [-0.2, -0.15) is 18.2 Å². The Kier molecular flexibility index (Phi) is 4.53. The van der Waals surface area contributed by atoms with Crippen molar-refractivity contribution in [2.24, 2.45) is 0 Å². The van der Waals surface area contributed by atoms with Gasteiger partial charge in [0.1, 0.15) is 6.54 Å². The molecule has 29 heavy (non-hydrogen) atoms. The topological polar surface area (TPSA) is 85.8 Å². The molecule has 0 spiro atoms. The summed E-state index contributed by atoms with van der Waals surface area (Å²) in [5, 5.41) is 6.44. The van der Waals surface area contributed by atoms with Crippen LogP contribution in [-0.2, 0) is 17.5 Å². The van der Waals surface area contributed by atoms with Crippen LogP contribution in [0.4, 0.5) is 18.9 Å². The molecule has 0 unspecified atom stereocenters. The third-order valence-corrected chi connectivity index (χ3v) is 4.18. The van der Waals surface area contributed by atoms with Gasteiger partial charge in [0.25, 0.3) is 0 Å². The first kappa shape index (κ1) is 18.7. The number of amides is 1. The normalized spacial score (nSPS) is 11.7. The number of para-hydroxylation sites is 3. The van der Waals surface area contributed by atoms with Gasteiger partial charge in [0.2, 0.25) is 23.4 Å². The maximum atomic E-state index is 13.4. The first-order valence-electron chi connectivity index (χ1n) is 8.55. The van der Waals surface area contributed by atoms with Gasteiger partial charge in [0.15, 0.2) is 0 Å². The van der Waals surface area contributed by atoms with Gasteiger partial charge in [0.05, 0.1) is 16.7 Å². The summed E-state index contributed by atoms with van der Waals surface area (Å²) < 4.78 is 46.0. The van der Waals surface area contributed by atoms with E-state index in [2.05, 4.69) is 20.4 Å². The molecule has 4 rings (SSSR count). The fraction of sp³-hybridized carbons (Fsp3) is 0.158. The molecule has 0 atom stereocenters. The molecular weight excluding hydrogens is 387 g/mol. The standard InChI is InChI=1S/C19H14F3N5O2/c1-11-23-17(26-29-11)12-6-2-3-7-13(12)24-16(28)10-27-15-9-5-4-8-14(15)25-18(27)19(20,21)22/h2-9H,10H2,1H3,(H,24,28). The van der Waals surface area contributed by atoms with Crippen LogP contribution in [0.5, 0.6) is 0 Å². The quantitative estimate of drug-likeness (QED) is 0.558. The summed E-state index contributed by atoms with van der Waals surface area (Å²) in [5.41, 5.74) is 1.23. The van der Waals surface area contributed by atoms with Crippen molar-refractivity contribution < 1.29 is 22.5 Å². The predicted molar refractivity (Wildman–Crippen MR) is 97.8 cm³/mol. The molecule has 0 aliphatic carbocycles. The highest BCUT2D eigenvalue weighted by atomic mass is 19.4. The van der Waals surface area contributed by atoms with E-state index in [1.807, 2.05) is 0 Å². The van der Waals surface area contributed by atoms with Crippen LogP contribution in [0.2, 0.25) is 0 Å². The van der Waals surface area contributed by atoms with Gasteiger partial charge in [-0.3, -0.25) is 4.79 Å². The summed E-state index contributed by atoms with van der Waals surface area (Å²) in [7, 11) is 0. The predicted octanol–water partition coefficient (Wildman–Crippen LogP) is 4.05. The lowest BCUT2D eigenvalue weighted by Gasteiger charge is -2.13. The maximum Gasteiger partial charge on any atom is 0.449 e. The molecule has 0 fully saturated rings. The second kappa shape index (κ2) is 7.04.